The van der Waals surface area contributed by atoms with Crippen LogP contribution in [0.3, 0.4) is 0 Å². The molecule has 4 nitrogen and oxygen atoms in total. The molecule has 0 amide bonds. The number of carbonyl (C=O) groups excluding carboxylic acids is 2. The molecule has 0 aromatic heterocycles. The summed E-state index contributed by atoms with van der Waals surface area (Å²) in [6.45, 7) is 9.73. The van der Waals surface area contributed by atoms with E-state index in [4.69, 9.17) is 9.47 Å². The van der Waals surface area contributed by atoms with Crippen LogP contribution in [0.15, 0.2) is 12.2 Å². The second kappa shape index (κ2) is 8.79. The molecular formula is C13H22O4. The lowest BCUT2D eigenvalue weighted by atomic mass is 9.96. The van der Waals surface area contributed by atoms with Crippen molar-refractivity contribution in [2.75, 3.05) is 13.2 Å². The Morgan fingerprint density at radius 1 is 1.06 bits per heavy atom. The minimum atomic E-state index is -0.971. The van der Waals surface area contributed by atoms with Crippen molar-refractivity contribution in [3.63, 3.8) is 0 Å². The SMILES string of the molecule is C=C(CCCC)C(C(=O)OCC)C(=O)OCC. The molecule has 0 aromatic rings. The molecule has 98 valence electrons. The third-order valence-corrected chi connectivity index (χ3v) is 2.30. The summed E-state index contributed by atoms with van der Waals surface area (Å²) in [6, 6.07) is 0. The van der Waals surface area contributed by atoms with Gasteiger partial charge in [-0.05, 0) is 26.7 Å². The molecule has 0 spiro atoms. The number of ether oxygens (including phenoxy) is 2. The Hall–Kier alpha value is -1.32. The molecule has 0 N–H and O–H groups in total. The maximum atomic E-state index is 11.7. The fourth-order valence-corrected chi connectivity index (χ4v) is 1.43. The normalized spacial score (nSPS) is 10.1. The van der Waals surface area contributed by atoms with Gasteiger partial charge in [-0.25, -0.2) is 0 Å². The summed E-state index contributed by atoms with van der Waals surface area (Å²) in [5.41, 5.74) is 0.573. The summed E-state index contributed by atoms with van der Waals surface area (Å²) in [5.74, 6) is -2.10. The Bertz CT molecular complexity index is 253. The quantitative estimate of drug-likeness (QED) is 0.373. The lowest BCUT2D eigenvalue weighted by Gasteiger charge is -2.16. The maximum absolute atomic E-state index is 11.7. The van der Waals surface area contributed by atoms with Gasteiger partial charge in [0.1, 0.15) is 0 Å². The highest BCUT2D eigenvalue weighted by molar-refractivity contribution is 5.98. The van der Waals surface area contributed by atoms with Gasteiger partial charge in [-0.2, -0.15) is 0 Å². The van der Waals surface area contributed by atoms with E-state index in [9.17, 15) is 9.59 Å². The van der Waals surface area contributed by atoms with Gasteiger partial charge in [0, 0.05) is 0 Å². The van der Waals surface area contributed by atoms with Crippen molar-refractivity contribution in [3.8, 4) is 0 Å². The topological polar surface area (TPSA) is 52.6 Å². The van der Waals surface area contributed by atoms with Gasteiger partial charge in [0.05, 0.1) is 13.2 Å². The molecule has 0 atom stereocenters. The lowest BCUT2D eigenvalue weighted by molar-refractivity contribution is -0.159. The Kier molecular flexibility index (Phi) is 8.11. The fraction of sp³-hybridized carbons (Fsp3) is 0.692. The summed E-state index contributed by atoms with van der Waals surface area (Å²) >= 11 is 0. The molecule has 0 bridgehead atoms. The molecule has 0 rings (SSSR count). The molecule has 0 aliphatic rings. The van der Waals surface area contributed by atoms with Crippen molar-refractivity contribution in [2.24, 2.45) is 5.92 Å². The van der Waals surface area contributed by atoms with Crippen molar-refractivity contribution in [2.45, 2.75) is 40.0 Å². The van der Waals surface area contributed by atoms with Gasteiger partial charge >= 0.3 is 11.9 Å². The molecule has 4 heteroatoms. The molecule has 0 saturated heterocycles. The van der Waals surface area contributed by atoms with Gasteiger partial charge < -0.3 is 9.47 Å². The third-order valence-electron chi connectivity index (χ3n) is 2.30. The van der Waals surface area contributed by atoms with Gasteiger partial charge in [0.2, 0.25) is 0 Å². The average molecular weight is 242 g/mol. The van der Waals surface area contributed by atoms with E-state index in [1.165, 1.54) is 0 Å². The Morgan fingerprint density at radius 3 is 1.88 bits per heavy atom. The van der Waals surface area contributed by atoms with Crippen LogP contribution in [-0.2, 0) is 19.1 Å². The predicted molar refractivity (Wildman–Crippen MR) is 65.4 cm³/mol. The minimum Gasteiger partial charge on any atom is -0.465 e. The first-order valence-corrected chi connectivity index (χ1v) is 6.09. The van der Waals surface area contributed by atoms with Gasteiger partial charge in [-0.1, -0.05) is 25.5 Å². The number of unbranched alkanes of at least 4 members (excludes halogenated alkanes) is 1. The Morgan fingerprint density at radius 2 is 1.53 bits per heavy atom. The molecule has 0 saturated carbocycles. The minimum absolute atomic E-state index is 0.246. The Balaban J connectivity index is 4.65. The van der Waals surface area contributed by atoms with Crippen LogP contribution in [0, 0.1) is 5.92 Å². The second-order valence-corrected chi connectivity index (χ2v) is 3.70. The summed E-state index contributed by atoms with van der Waals surface area (Å²) in [6.07, 6.45) is 2.52. The Labute approximate surface area is 103 Å². The first kappa shape index (κ1) is 15.7. The van der Waals surface area contributed by atoms with E-state index in [1.807, 2.05) is 6.92 Å². The zero-order chi connectivity index (χ0) is 13.3. The van der Waals surface area contributed by atoms with Gasteiger partial charge in [0.15, 0.2) is 5.92 Å². The highest BCUT2D eigenvalue weighted by Gasteiger charge is 2.31. The molecule has 0 radical (unpaired) electrons. The predicted octanol–water partition coefficient (Wildman–Crippen LogP) is 2.48. The van der Waals surface area contributed by atoms with E-state index >= 15 is 0 Å². The number of hydrogen-bond donors (Lipinski definition) is 0. The van der Waals surface area contributed by atoms with E-state index in [1.54, 1.807) is 13.8 Å². The van der Waals surface area contributed by atoms with Crippen LogP contribution in [0.25, 0.3) is 0 Å². The molecular weight excluding hydrogens is 220 g/mol. The molecule has 17 heavy (non-hydrogen) atoms. The van der Waals surface area contributed by atoms with Crippen molar-refractivity contribution in [1.29, 1.82) is 0 Å². The lowest BCUT2D eigenvalue weighted by Crippen LogP contribution is -2.29. The number of carbonyl (C=O) groups is 2. The summed E-state index contributed by atoms with van der Waals surface area (Å²) in [7, 11) is 0. The molecule has 0 aliphatic heterocycles. The van der Waals surface area contributed by atoms with Crippen LogP contribution in [-0.4, -0.2) is 25.2 Å². The first-order chi connectivity index (χ1) is 8.08. The summed E-state index contributed by atoms with van der Waals surface area (Å²) in [4.78, 5) is 23.4. The second-order valence-electron chi connectivity index (χ2n) is 3.70. The molecule has 0 heterocycles. The third kappa shape index (κ3) is 5.52. The maximum Gasteiger partial charge on any atom is 0.324 e. The van der Waals surface area contributed by atoms with Crippen LogP contribution in [0.1, 0.15) is 40.0 Å². The van der Waals surface area contributed by atoms with E-state index in [-0.39, 0.29) is 13.2 Å². The average Bonchev–Trinajstić information content (AvgIpc) is 2.27. The molecule has 0 aromatic carbocycles. The smallest absolute Gasteiger partial charge is 0.324 e. The number of hydrogen-bond acceptors (Lipinski definition) is 4. The van der Waals surface area contributed by atoms with Crippen LogP contribution in [0.2, 0.25) is 0 Å². The van der Waals surface area contributed by atoms with Crippen molar-refractivity contribution in [1.82, 2.24) is 0 Å². The van der Waals surface area contributed by atoms with E-state index in [0.29, 0.717) is 12.0 Å². The number of esters is 2. The van der Waals surface area contributed by atoms with Gasteiger partial charge in [0.25, 0.3) is 0 Å². The molecule has 0 unspecified atom stereocenters. The van der Waals surface area contributed by atoms with Crippen LogP contribution < -0.4 is 0 Å². The van der Waals surface area contributed by atoms with Crippen LogP contribution >= 0.6 is 0 Å². The fourth-order valence-electron chi connectivity index (χ4n) is 1.43. The largest absolute Gasteiger partial charge is 0.465 e. The van der Waals surface area contributed by atoms with Gasteiger partial charge in [-0.3, -0.25) is 9.59 Å². The molecule has 0 aliphatic carbocycles. The van der Waals surface area contributed by atoms with Crippen molar-refractivity contribution >= 4 is 11.9 Å². The van der Waals surface area contributed by atoms with E-state index < -0.39 is 17.9 Å². The zero-order valence-corrected chi connectivity index (χ0v) is 11.0. The van der Waals surface area contributed by atoms with E-state index in [0.717, 1.165) is 12.8 Å². The highest BCUT2D eigenvalue weighted by atomic mass is 16.6. The zero-order valence-electron chi connectivity index (χ0n) is 11.0. The van der Waals surface area contributed by atoms with Crippen molar-refractivity contribution < 1.29 is 19.1 Å². The van der Waals surface area contributed by atoms with Crippen molar-refractivity contribution in [3.05, 3.63) is 12.2 Å². The van der Waals surface area contributed by atoms with Crippen LogP contribution in [0.4, 0.5) is 0 Å². The van der Waals surface area contributed by atoms with Gasteiger partial charge in [-0.15, -0.1) is 0 Å². The summed E-state index contributed by atoms with van der Waals surface area (Å²) < 4.78 is 9.74. The monoisotopic (exact) mass is 242 g/mol. The highest BCUT2D eigenvalue weighted by Crippen LogP contribution is 2.19. The summed E-state index contributed by atoms with van der Waals surface area (Å²) in [5, 5.41) is 0. The molecule has 0 fully saturated rings. The number of rotatable bonds is 8. The standard InChI is InChI=1S/C13H22O4/c1-5-8-9-10(4)11(12(14)16-6-2)13(15)17-7-3/h11H,4-9H2,1-3H3. The van der Waals surface area contributed by atoms with Crippen LogP contribution in [0.5, 0.6) is 0 Å². The van der Waals surface area contributed by atoms with E-state index in [2.05, 4.69) is 6.58 Å². The first-order valence-electron chi connectivity index (χ1n) is 6.09.